The Kier molecular flexibility index (Phi) is 14.3. The van der Waals surface area contributed by atoms with Crippen molar-refractivity contribution in [2.45, 2.75) is 92.9 Å². The van der Waals surface area contributed by atoms with Crippen LogP contribution in [0.2, 0.25) is 0 Å². The summed E-state index contributed by atoms with van der Waals surface area (Å²) in [5.41, 5.74) is 14.3. The van der Waals surface area contributed by atoms with Crippen molar-refractivity contribution >= 4 is 3.21 Å². The minimum absolute atomic E-state index is 0. The Balaban J connectivity index is 0.000000352. The van der Waals surface area contributed by atoms with Gasteiger partial charge in [-0.1, -0.05) is 86.1 Å². The van der Waals surface area contributed by atoms with Crippen molar-refractivity contribution in [3.8, 4) is 11.1 Å². The van der Waals surface area contributed by atoms with E-state index in [4.69, 9.17) is 0 Å². The fourth-order valence-electron chi connectivity index (χ4n) is 4.82. The minimum atomic E-state index is 0. The Hall–Kier alpha value is -1.66. The molecular weight excluding hydrogens is 619 g/mol. The Morgan fingerprint density at radius 3 is 1.88 bits per heavy atom. The van der Waals surface area contributed by atoms with Gasteiger partial charge >= 0.3 is 76.7 Å². The van der Waals surface area contributed by atoms with Crippen molar-refractivity contribution in [3.63, 3.8) is 0 Å². The van der Waals surface area contributed by atoms with Crippen molar-refractivity contribution in [1.29, 1.82) is 0 Å². The van der Waals surface area contributed by atoms with E-state index in [2.05, 4.69) is 148 Å². The number of hydrogen-bond donors (Lipinski definition) is 0. The summed E-state index contributed by atoms with van der Waals surface area (Å²) < 4.78 is 1.55. The molecule has 4 aromatic carbocycles. The molecule has 0 atom stereocenters. The third-order valence-corrected chi connectivity index (χ3v) is 9.03. The number of fused-ring (bicyclic) bond motifs is 3. The first-order valence-corrected chi connectivity index (χ1v) is 15.5. The van der Waals surface area contributed by atoms with E-state index in [0.29, 0.717) is 0 Å². The molecule has 0 radical (unpaired) electrons. The van der Waals surface area contributed by atoms with Crippen molar-refractivity contribution in [1.82, 2.24) is 0 Å². The van der Waals surface area contributed by atoms with E-state index in [1.807, 2.05) is 0 Å². The van der Waals surface area contributed by atoms with Crippen LogP contribution >= 0.6 is 0 Å². The first kappa shape index (κ1) is 37.4. The van der Waals surface area contributed by atoms with Crippen LogP contribution in [-0.2, 0) is 41.5 Å². The van der Waals surface area contributed by atoms with Gasteiger partial charge in [0, 0.05) is 0 Å². The zero-order chi connectivity index (χ0) is 29.0. The normalized spacial score (nSPS) is 11.4. The molecule has 218 valence electrons. The zero-order valence-electron chi connectivity index (χ0n) is 26.6. The van der Waals surface area contributed by atoms with Crippen molar-refractivity contribution in [2.24, 2.45) is 0 Å². The molecule has 0 saturated heterocycles. The van der Waals surface area contributed by atoms with Crippen LogP contribution in [0.1, 0.15) is 99.4 Å². The topological polar surface area (TPSA) is 0 Å². The summed E-state index contributed by atoms with van der Waals surface area (Å²) in [6.45, 7) is 22.2. The number of hydrogen-bond acceptors (Lipinski definition) is 0. The number of halogens is 2. The van der Waals surface area contributed by atoms with Crippen LogP contribution in [0.25, 0.3) is 11.1 Å². The molecule has 1 aliphatic rings. The van der Waals surface area contributed by atoms with Gasteiger partial charge in [-0.25, -0.2) is 6.07 Å². The van der Waals surface area contributed by atoms with Crippen LogP contribution in [0, 0.1) is 26.8 Å². The van der Waals surface area contributed by atoms with Gasteiger partial charge in [0.15, 0.2) is 0 Å². The monoisotopic (exact) mass is 662 g/mol. The molecule has 0 aromatic heterocycles. The van der Waals surface area contributed by atoms with Crippen molar-refractivity contribution in [2.75, 3.05) is 0 Å². The second-order valence-corrected chi connectivity index (χ2v) is 14.4. The number of rotatable bonds is 2. The Bertz CT molecular complexity index is 1330. The molecule has 0 bridgehead atoms. The van der Waals surface area contributed by atoms with E-state index >= 15 is 0 Å². The molecule has 3 heteroatoms. The maximum absolute atomic E-state index is 3.67. The molecule has 0 fully saturated rings. The summed E-state index contributed by atoms with van der Waals surface area (Å²) in [5, 5.41) is 0. The van der Waals surface area contributed by atoms with Gasteiger partial charge in [0.1, 0.15) is 0 Å². The van der Waals surface area contributed by atoms with E-state index in [1.165, 1.54) is 86.3 Å². The Morgan fingerprint density at radius 1 is 0.805 bits per heavy atom. The summed E-state index contributed by atoms with van der Waals surface area (Å²) in [7, 11) is 0. The quantitative estimate of drug-likeness (QED) is 0.249. The number of aryl methyl sites for hydroxylation is 3. The van der Waals surface area contributed by atoms with Crippen LogP contribution in [-0.4, -0.2) is 3.21 Å². The first-order chi connectivity index (χ1) is 18.2. The van der Waals surface area contributed by atoms with Gasteiger partial charge in [-0.15, -0.1) is 11.1 Å². The van der Waals surface area contributed by atoms with E-state index < -0.39 is 0 Å². The molecule has 0 N–H and O–H groups in total. The molecule has 1 aliphatic carbocycles. The predicted octanol–water partition coefficient (Wildman–Crippen LogP) is 4.16. The Labute approximate surface area is 277 Å². The molecule has 0 saturated carbocycles. The van der Waals surface area contributed by atoms with Gasteiger partial charge in [0.2, 0.25) is 0 Å². The second kappa shape index (κ2) is 15.7. The van der Waals surface area contributed by atoms with Crippen molar-refractivity contribution in [3.05, 3.63) is 123 Å². The van der Waals surface area contributed by atoms with Gasteiger partial charge in [-0.3, -0.25) is 0 Å². The average molecular weight is 665 g/mol. The van der Waals surface area contributed by atoms with Gasteiger partial charge in [-0.05, 0) is 28.4 Å². The van der Waals surface area contributed by atoms with E-state index in [9.17, 15) is 0 Å². The molecule has 0 heterocycles. The minimum Gasteiger partial charge on any atom is -1.00 e. The zero-order valence-corrected chi connectivity index (χ0v) is 30.6. The van der Waals surface area contributed by atoms with Gasteiger partial charge in [0.25, 0.3) is 0 Å². The van der Waals surface area contributed by atoms with E-state index in [0.717, 1.165) is 6.42 Å². The van der Waals surface area contributed by atoms with Crippen LogP contribution in [0.3, 0.4) is 0 Å². The average Bonchev–Trinajstić information content (AvgIpc) is 3.40. The van der Waals surface area contributed by atoms with Crippen LogP contribution in [0.4, 0.5) is 0 Å². The van der Waals surface area contributed by atoms with Crippen LogP contribution in [0.15, 0.2) is 72.8 Å². The first-order valence-electron chi connectivity index (χ1n) is 14.2. The molecule has 0 spiro atoms. The molecule has 0 aliphatic heterocycles. The molecule has 41 heavy (non-hydrogen) atoms. The summed E-state index contributed by atoms with van der Waals surface area (Å²) in [6, 6.07) is 30.2. The fourth-order valence-corrected chi connectivity index (χ4v) is 5.23. The van der Waals surface area contributed by atoms with E-state index in [1.54, 1.807) is 3.21 Å². The van der Waals surface area contributed by atoms with Crippen molar-refractivity contribution < 1.29 is 49.0 Å². The summed E-state index contributed by atoms with van der Waals surface area (Å²) >= 11 is 1.54. The smallest absolute Gasteiger partial charge is 0.0632 e. The standard InChI is InChI=1S/C21H25.C9H10.C8H11.2ClH.Zr/c1-20(2,3)16-7-9-18-14(12-16)11-15-13-17(21(4,5)6)8-10-19(15)18;1-2-6-9-7-4-3-5-8-9;1-6-4-7(2)8(3)5-6;;;/h7-10,12H,11H2,1-6H3;3-5,7-8H,2H2,1H3;4-5H,1-3H3;2*1H;/q-1;;-1;;;+2/p-2. The molecule has 0 amide bonds. The summed E-state index contributed by atoms with van der Waals surface area (Å²) in [6.07, 6.45) is 2.21. The number of benzene rings is 3. The maximum atomic E-state index is 3.67. The molecule has 5 rings (SSSR count). The third-order valence-electron chi connectivity index (χ3n) is 7.45. The van der Waals surface area contributed by atoms with Gasteiger partial charge < -0.3 is 24.8 Å². The third kappa shape index (κ3) is 10.2. The summed E-state index contributed by atoms with van der Waals surface area (Å²) in [5.74, 6) is 0. The molecule has 0 nitrogen and oxygen atoms in total. The fraction of sp³-hybridized carbons (Fsp3) is 0.368. The van der Waals surface area contributed by atoms with Gasteiger partial charge in [-0.2, -0.15) is 46.5 Å². The SMILES string of the molecule is CC(C)(C)c1[c-]c2c(cc1)-c1ccc(C(C)(C)C)cc1C2.CC[C](=[Zr+2])c1ccccc1.Cc1cc(C)c(C)[cH-]1.[Cl-].[Cl-]. The Morgan fingerprint density at radius 2 is 1.41 bits per heavy atom. The van der Waals surface area contributed by atoms with Gasteiger partial charge in [0.05, 0.1) is 0 Å². The summed E-state index contributed by atoms with van der Waals surface area (Å²) in [4.78, 5) is 0. The molecular formula is C38H46Cl2Zr-2. The second-order valence-electron chi connectivity index (χ2n) is 12.9. The maximum Gasteiger partial charge on any atom is -0.0632 e. The van der Waals surface area contributed by atoms with Crippen LogP contribution < -0.4 is 24.8 Å². The molecule has 4 aromatic rings. The largest absolute Gasteiger partial charge is 1.00 e. The van der Waals surface area contributed by atoms with Crippen LogP contribution in [0.5, 0.6) is 0 Å². The predicted molar refractivity (Wildman–Crippen MR) is 168 cm³/mol. The molecule has 0 unspecified atom stereocenters. The van der Waals surface area contributed by atoms with E-state index in [-0.39, 0.29) is 35.6 Å².